The molecule has 11 nitrogen and oxygen atoms in total. The van der Waals surface area contributed by atoms with Gasteiger partial charge in [0.2, 0.25) is 5.91 Å². The van der Waals surface area contributed by atoms with Gasteiger partial charge in [-0.2, -0.15) is 0 Å². The van der Waals surface area contributed by atoms with Gasteiger partial charge in [0, 0.05) is 11.5 Å². The molecule has 36 heavy (non-hydrogen) atoms. The van der Waals surface area contributed by atoms with Crippen LogP contribution in [0.3, 0.4) is 0 Å². The predicted octanol–water partition coefficient (Wildman–Crippen LogP) is 0.0870. The van der Waals surface area contributed by atoms with Crippen LogP contribution in [0.15, 0.2) is 60.7 Å². The van der Waals surface area contributed by atoms with Crippen LogP contribution in [0.4, 0.5) is 0 Å². The van der Waals surface area contributed by atoms with Crippen LogP contribution in [0.2, 0.25) is 0 Å². The first-order valence-corrected chi connectivity index (χ1v) is 11.0. The third-order valence-electron chi connectivity index (χ3n) is 5.63. The molecule has 0 radical (unpaired) electrons. The van der Waals surface area contributed by atoms with Gasteiger partial charge in [-0.3, -0.25) is 24.0 Å². The zero-order valence-electron chi connectivity index (χ0n) is 20.0. The van der Waals surface area contributed by atoms with Gasteiger partial charge in [-0.15, -0.1) is 0 Å². The third kappa shape index (κ3) is 6.89. The van der Waals surface area contributed by atoms with Crippen molar-refractivity contribution in [3.8, 4) is 0 Å². The Hall–Kier alpha value is -4.25. The molecule has 11 heteroatoms. The number of aliphatic hydroxyl groups is 1. The summed E-state index contributed by atoms with van der Waals surface area (Å²) in [5, 5.41) is 15.8. The minimum absolute atomic E-state index is 0.300. The monoisotopic (exact) mass is 499 g/mol. The number of amides is 3. The van der Waals surface area contributed by atoms with Crippen LogP contribution in [-0.4, -0.2) is 61.1 Å². The Morgan fingerprint density at radius 1 is 0.833 bits per heavy atom. The highest BCUT2D eigenvalue weighted by molar-refractivity contribution is 5.97. The normalized spacial score (nSPS) is 14.0. The van der Waals surface area contributed by atoms with Gasteiger partial charge in [-0.25, -0.2) is 0 Å². The molecular formula is C25H29N3O8. The average Bonchev–Trinajstić information content (AvgIpc) is 2.90. The summed E-state index contributed by atoms with van der Waals surface area (Å²) < 4.78 is 9.24. The summed E-state index contributed by atoms with van der Waals surface area (Å²) >= 11 is 0. The van der Waals surface area contributed by atoms with Gasteiger partial charge in [0.25, 0.3) is 11.8 Å². The lowest BCUT2D eigenvalue weighted by atomic mass is 9.86. The Kier molecular flexibility index (Phi) is 10.1. The van der Waals surface area contributed by atoms with E-state index < -0.39 is 59.7 Å². The standard InChI is InChI=1S/C25H29N3O8/c1-14(17(24(33)35-2)25(34)36-3)18(21(26)30)27-23(32)20(29)19(15-10-6-4-7-11-15)28-22(31)16-12-8-5-9-13-16/h4-14,17-20,29H,1-3H3,(H2,26,30)(H,27,32)(H,28,31)/t14-,18-,19-,20+/m0/s1. The van der Waals surface area contributed by atoms with Gasteiger partial charge >= 0.3 is 11.9 Å². The van der Waals surface area contributed by atoms with Crippen LogP contribution < -0.4 is 16.4 Å². The summed E-state index contributed by atoms with van der Waals surface area (Å²) in [4.78, 5) is 62.3. The molecule has 4 atom stereocenters. The minimum Gasteiger partial charge on any atom is -0.468 e. The number of carbonyl (C=O) groups excluding carboxylic acids is 5. The number of ether oxygens (including phenoxy) is 2. The Morgan fingerprint density at radius 2 is 1.33 bits per heavy atom. The molecule has 0 unspecified atom stereocenters. The number of rotatable bonds is 11. The number of primary amides is 1. The number of hydrogen-bond donors (Lipinski definition) is 4. The van der Waals surface area contributed by atoms with Crippen molar-refractivity contribution in [2.45, 2.75) is 25.1 Å². The molecule has 3 amide bonds. The molecule has 0 aliphatic carbocycles. The fraction of sp³-hybridized carbons (Fsp3) is 0.320. The van der Waals surface area contributed by atoms with Crippen LogP contribution in [0.1, 0.15) is 28.9 Å². The largest absolute Gasteiger partial charge is 0.468 e. The second-order valence-corrected chi connectivity index (χ2v) is 7.94. The molecule has 0 saturated heterocycles. The molecule has 0 aliphatic heterocycles. The highest BCUT2D eigenvalue weighted by Crippen LogP contribution is 2.22. The van der Waals surface area contributed by atoms with Crippen molar-refractivity contribution < 1.29 is 38.6 Å². The molecular weight excluding hydrogens is 470 g/mol. The smallest absolute Gasteiger partial charge is 0.320 e. The highest BCUT2D eigenvalue weighted by atomic mass is 16.5. The van der Waals surface area contributed by atoms with E-state index in [4.69, 9.17) is 5.73 Å². The second kappa shape index (κ2) is 13.0. The lowest BCUT2D eigenvalue weighted by molar-refractivity contribution is -0.162. The maximum Gasteiger partial charge on any atom is 0.320 e. The Bertz CT molecular complexity index is 1060. The fourth-order valence-corrected chi connectivity index (χ4v) is 3.64. The van der Waals surface area contributed by atoms with Crippen molar-refractivity contribution in [3.05, 3.63) is 71.8 Å². The van der Waals surface area contributed by atoms with E-state index in [2.05, 4.69) is 20.1 Å². The Balaban J connectivity index is 2.32. The number of hydrogen-bond acceptors (Lipinski definition) is 8. The number of carbonyl (C=O) groups is 5. The van der Waals surface area contributed by atoms with E-state index in [9.17, 15) is 29.1 Å². The van der Waals surface area contributed by atoms with Gasteiger partial charge in [0.1, 0.15) is 6.04 Å². The first kappa shape index (κ1) is 28.0. The van der Waals surface area contributed by atoms with Gasteiger partial charge in [-0.05, 0) is 17.7 Å². The van der Waals surface area contributed by atoms with Crippen molar-refractivity contribution in [2.24, 2.45) is 17.6 Å². The molecule has 0 fully saturated rings. The minimum atomic E-state index is -1.87. The highest BCUT2D eigenvalue weighted by Gasteiger charge is 2.42. The summed E-state index contributed by atoms with van der Waals surface area (Å²) in [7, 11) is 2.10. The van der Waals surface area contributed by atoms with Gasteiger partial charge in [0.05, 0.1) is 20.3 Å². The van der Waals surface area contributed by atoms with E-state index in [1.807, 2.05) is 0 Å². The number of nitrogens with two attached hydrogens (primary N) is 1. The molecule has 0 heterocycles. The maximum atomic E-state index is 13.0. The quantitative estimate of drug-likeness (QED) is 0.248. The Labute approximate surface area is 208 Å². The molecule has 2 aromatic rings. The fourth-order valence-electron chi connectivity index (χ4n) is 3.64. The van der Waals surface area contributed by atoms with E-state index in [-0.39, 0.29) is 0 Å². The van der Waals surface area contributed by atoms with Crippen molar-refractivity contribution in [1.29, 1.82) is 0 Å². The molecule has 5 N–H and O–H groups in total. The van der Waals surface area contributed by atoms with Crippen LogP contribution in [0, 0.1) is 11.8 Å². The van der Waals surface area contributed by atoms with Crippen LogP contribution >= 0.6 is 0 Å². The molecule has 0 aliphatic rings. The molecule has 0 aromatic heterocycles. The molecule has 0 saturated carbocycles. The Morgan fingerprint density at radius 3 is 1.81 bits per heavy atom. The lowest BCUT2D eigenvalue weighted by Gasteiger charge is -2.29. The van der Waals surface area contributed by atoms with Crippen molar-refractivity contribution in [1.82, 2.24) is 10.6 Å². The van der Waals surface area contributed by atoms with E-state index in [0.717, 1.165) is 14.2 Å². The third-order valence-corrected chi connectivity index (χ3v) is 5.63. The number of nitrogens with one attached hydrogen (secondary N) is 2. The predicted molar refractivity (Wildman–Crippen MR) is 127 cm³/mol. The van der Waals surface area contributed by atoms with Crippen molar-refractivity contribution in [3.63, 3.8) is 0 Å². The molecule has 2 rings (SSSR count). The number of methoxy groups -OCH3 is 2. The number of benzene rings is 2. The first-order chi connectivity index (χ1) is 17.1. The summed E-state index contributed by atoms with van der Waals surface area (Å²) in [6.07, 6.45) is -1.87. The van der Waals surface area contributed by atoms with E-state index in [0.29, 0.717) is 11.1 Å². The van der Waals surface area contributed by atoms with Crippen LogP contribution in [0.25, 0.3) is 0 Å². The summed E-state index contributed by atoms with van der Waals surface area (Å²) in [6.45, 7) is 1.33. The van der Waals surface area contributed by atoms with Gasteiger partial charge < -0.3 is 30.9 Å². The first-order valence-electron chi connectivity index (χ1n) is 11.0. The lowest BCUT2D eigenvalue weighted by Crippen LogP contribution is -2.56. The summed E-state index contributed by atoms with van der Waals surface area (Å²) in [5.74, 6) is -7.43. The van der Waals surface area contributed by atoms with Crippen molar-refractivity contribution >= 4 is 29.7 Å². The summed E-state index contributed by atoms with van der Waals surface area (Å²) in [6, 6.07) is 13.7. The zero-order valence-corrected chi connectivity index (χ0v) is 20.0. The number of esters is 2. The molecule has 192 valence electrons. The van der Waals surface area contributed by atoms with Gasteiger partial charge in [-0.1, -0.05) is 55.5 Å². The molecule has 2 aromatic carbocycles. The zero-order chi connectivity index (χ0) is 26.8. The summed E-state index contributed by atoms with van der Waals surface area (Å²) in [5.41, 5.74) is 6.15. The van der Waals surface area contributed by atoms with E-state index in [1.165, 1.54) is 6.92 Å². The average molecular weight is 500 g/mol. The van der Waals surface area contributed by atoms with Gasteiger partial charge in [0.15, 0.2) is 12.0 Å². The second-order valence-electron chi connectivity index (χ2n) is 7.94. The van der Waals surface area contributed by atoms with Crippen LogP contribution in [-0.2, 0) is 28.7 Å². The SMILES string of the molecule is COC(=O)C(C(=O)OC)[C@H](C)[C@H](NC(=O)[C@H](O)[C@@H](NC(=O)c1ccccc1)c1ccccc1)C(N)=O. The van der Waals surface area contributed by atoms with Crippen LogP contribution in [0.5, 0.6) is 0 Å². The number of aliphatic hydroxyl groups excluding tert-OH is 1. The maximum absolute atomic E-state index is 13.0. The van der Waals surface area contributed by atoms with E-state index in [1.54, 1.807) is 60.7 Å². The topological polar surface area (TPSA) is 174 Å². The molecule has 0 spiro atoms. The van der Waals surface area contributed by atoms with Crippen molar-refractivity contribution in [2.75, 3.05) is 14.2 Å². The van der Waals surface area contributed by atoms with E-state index >= 15 is 0 Å². The molecule has 0 bridgehead atoms.